The van der Waals surface area contributed by atoms with Gasteiger partial charge in [-0.3, -0.25) is 4.90 Å². The first-order valence-electron chi connectivity index (χ1n) is 6.35. The fourth-order valence-electron chi connectivity index (χ4n) is 2.46. The Morgan fingerprint density at radius 3 is 2.58 bits per heavy atom. The van der Waals surface area contributed by atoms with Crippen LogP contribution in [0, 0.1) is 0 Å². The minimum absolute atomic E-state index is 0.237. The SMILES string of the molecule is CC1CN(Cc2ccc(C(=O)O)cc2Br)CC(C)O1. The molecule has 5 heteroatoms. The maximum Gasteiger partial charge on any atom is 0.335 e. The summed E-state index contributed by atoms with van der Waals surface area (Å²) in [5.74, 6) is -0.902. The summed E-state index contributed by atoms with van der Waals surface area (Å²) in [6.45, 7) is 6.75. The molecule has 4 nitrogen and oxygen atoms in total. The number of hydrogen-bond donors (Lipinski definition) is 1. The van der Waals surface area contributed by atoms with Gasteiger partial charge < -0.3 is 9.84 Å². The average molecular weight is 328 g/mol. The molecular formula is C14H18BrNO3. The number of aromatic carboxylic acids is 1. The van der Waals surface area contributed by atoms with Gasteiger partial charge in [-0.05, 0) is 31.5 Å². The molecule has 1 aliphatic rings. The van der Waals surface area contributed by atoms with E-state index in [4.69, 9.17) is 9.84 Å². The van der Waals surface area contributed by atoms with Gasteiger partial charge in [0, 0.05) is 24.1 Å². The van der Waals surface area contributed by atoms with E-state index in [0.29, 0.717) is 5.56 Å². The van der Waals surface area contributed by atoms with Crippen molar-refractivity contribution in [1.82, 2.24) is 4.90 Å². The molecule has 1 aromatic carbocycles. The number of hydrogen-bond acceptors (Lipinski definition) is 3. The average Bonchev–Trinajstić information content (AvgIpc) is 2.30. The molecule has 104 valence electrons. The lowest BCUT2D eigenvalue weighted by atomic mass is 10.1. The van der Waals surface area contributed by atoms with E-state index in [1.807, 2.05) is 6.07 Å². The second kappa shape index (κ2) is 6.03. The highest BCUT2D eigenvalue weighted by Gasteiger charge is 2.22. The number of carboxylic acid groups (broad SMARTS) is 1. The summed E-state index contributed by atoms with van der Waals surface area (Å²) in [5.41, 5.74) is 1.41. The minimum atomic E-state index is -0.902. The highest BCUT2D eigenvalue weighted by molar-refractivity contribution is 9.10. The lowest BCUT2D eigenvalue weighted by Crippen LogP contribution is -2.44. The molecule has 0 spiro atoms. The summed E-state index contributed by atoms with van der Waals surface area (Å²) >= 11 is 3.45. The van der Waals surface area contributed by atoms with E-state index in [1.165, 1.54) is 0 Å². The molecule has 0 bridgehead atoms. The molecule has 0 aromatic heterocycles. The maximum atomic E-state index is 10.9. The second-order valence-electron chi connectivity index (χ2n) is 5.06. The summed E-state index contributed by atoms with van der Waals surface area (Å²) in [6, 6.07) is 5.18. The third kappa shape index (κ3) is 3.78. The Hall–Kier alpha value is -0.910. The summed E-state index contributed by atoms with van der Waals surface area (Å²) in [6.07, 6.45) is 0.474. The van der Waals surface area contributed by atoms with Gasteiger partial charge in [0.25, 0.3) is 0 Å². The molecule has 1 aliphatic heterocycles. The number of morpholine rings is 1. The largest absolute Gasteiger partial charge is 0.478 e. The maximum absolute atomic E-state index is 10.9. The first-order valence-corrected chi connectivity index (χ1v) is 7.14. The quantitative estimate of drug-likeness (QED) is 0.927. The summed E-state index contributed by atoms with van der Waals surface area (Å²) < 4.78 is 6.55. The molecule has 0 saturated carbocycles. The van der Waals surface area contributed by atoms with E-state index in [-0.39, 0.29) is 12.2 Å². The molecule has 1 heterocycles. The van der Waals surface area contributed by atoms with Crippen LogP contribution in [0.3, 0.4) is 0 Å². The van der Waals surface area contributed by atoms with Crippen LogP contribution in [0.5, 0.6) is 0 Å². The number of benzene rings is 1. The Morgan fingerprint density at radius 2 is 2.05 bits per heavy atom. The van der Waals surface area contributed by atoms with Gasteiger partial charge in [-0.2, -0.15) is 0 Å². The third-order valence-electron chi connectivity index (χ3n) is 3.19. The highest BCUT2D eigenvalue weighted by Crippen LogP contribution is 2.22. The van der Waals surface area contributed by atoms with Crippen molar-refractivity contribution in [3.63, 3.8) is 0 Å². The Balaban J connectivity index is 2.08. The highest BCUT2D eigenvalue weighted by atomic mass is 79.9. The van der Waals surface area contributed by atoms with E-state index in [2.05, 4.69) is 34.7 Å². The number of ether oxygens (including phenoxy) is 1. The molecule has 2 atom stereocenters. The number of halogens is 1. The van der Waals surface area contributed by atoms with Gasteiger partial charge in [-0.1, -0.05) is 22.0 Å². The summed E-state index contributed by atoms with van der Waals surface area (Å²) in [7, 11) is 0. The molecule has 0 aliphatic carbocycles. The van der Waals surface area contributed by atoms with E-state index in [1.54, 1.807) is 12.1 Å². The fourth-order valence-corrected chi connectivity index (χ4v) is 2.97. The Labute approximate surface area is 121 Å². The standard InChI is InChI=1S/C14H18BrNO3/c1-9-6-16(7-10(2)19-9)8-12-4-3-11(14(17)18)5-13(12)15/h3-5,9-10H,6-8H2,1-2H3,(H,17,18). The van der Waals surface area contributed by atoms with E-state index < -0.39 is 5.97 Å². The van der Waals surface area contributed by atoms with Crippen LogP contribution >= 0.6 is 15.9 Å². The van der Waals surface area contributed by atoms with Crippen LogP contribution in [0.25, 0.3) is 0 Å². The number of carbonyl (C=O) groups is 1. The van der Waals surface area contributed by atoms with Crippen LogP contribution in [0.1, 0.15) is 29.8 Å². The zero-order chi connectivity index (χ0) is 14.0. The molecule has 2 rings (SSSR count). The Morgan fingerprint density at radius 1 is 1.42 bits per heavy atom. The van der Waals surface area contributed by atoms with Crippen LogP contribution < -0.4 is 0 Å². The van der Waals surface area contributed by atoms with Crippen molar-refractivity contribution in [3.05, 3.63) is 33.8 Å². The predicted molar refractivity (Wildman–Crippen MR) is 76.4 cm³/mol. The van der Waals surface area contributed by atoms with Gasteiger partial charge in [0.1, 0.15) is 0 Å². The van der Waals surface area contributed by atoms with Crippen molar-refractivity contribution in [2.75, 3.05) is 13.1 Å². The molecule has 1 fully saturated rings. The monoisotopic (exact) mass is 327 g/mol. The first kappa shape index (κ1) is 14.5. The van der Waals surface area contributed by atoms with Crippen molar-refractivity contribution < 1.29 is 14.6 Å². The Bertz CT molecular complexity index is 468. The fraction of sp³-hybridized carbons (Fsp3) is 0.500. The summed E-state index contributed by atoms with van der Waals surface area (Å²) in [5, 5.41) is 8.94. The van der Waals surface area contributed by atoms with Gasteiger partial charge in [-0.15, -0.1) is 0 Å². The smallest absolute Gasteiger partial charge is 0.335 e. The van der Waals surface area contributed by atoms with Gasteiger partial charge in [-0.25, -0.2) is 4.79 Å². The molecule has 0 radical (unpaired) electrons. The van der Waals surface area contributed by atoms with Crippen molar-refractivity contribution in [2.45, 2.75) is 32.6 Å². The minimum Gasteiger partial charge on any atom is -0.478 e. The molecule has 1 saturated heterocycles. The molecule has 1 N–H and O–H groups in total. The van der Waals surface area contributed by atoms with Crippen LogP contribution in [-0.4, -0.2) is 41.3 Å². The van der Waals surface area contributed by atoms with Gasteiger partial charge >= 0.3 is 5.97 Å². The van der Waals surface area contributed by atoms with E-state index in [9.17, 15) is 4.79 Å². The van der Waals surface area contributed by atoms with Crippen LogP contribution in [0.15, 0.2) is 22.7 Å². The third-order valence-corrected chi connectivity index (χ3v) is 3.93. The molecule has 1 aromatic rings. The van der Waals surface area contributed by atoms with Crippen LogP contribution in [0.4, 0.5) is 0 Å². The zero-order valence-electron chi connectivity index (χ0n) is 11.1. The van der Waals surface area contributed by atoms with Gasteiger partial charge in [0.2, 0.25) is 0 Å². The molecular weight excluding hydrogens is 310 g/mol. The first-order chi connectivity index (χ1) is 8.95. The van der Waals surface area contributed by atoms with Crippen molar-refractivity contribution in [1.29, 1.82) is 0 Å². The van der Waals surface area contributed by atoms with E-state index in [0.717, 1.165) is 29.7 Å². The molecule has 19 heavy (non-hydrogen) atoms. The zero-order valence-corrected chi connectivity index (χ0v) is 12.7. The number of nitrogens with zero attached hydrogens (tertiary/aromatic N) is 1. The molecule has 0 amide bonds. The normalized spacial score (nSPS) is 24.4. The van der Waals surface area contributed by atoms with Gasteiger partial charge in [0.15, 0.2) is 0 Å². The second-order valence-corrected chi connectivity index (χ2v) is 5.92. The van der Waals surface area contributed by atoms with Gasteiger partial charge in [0.05, 0.1) is 17.8 Å². The van der Waals surface area contributed by atoms with Crippen molar-refractivity contribution in [2.24, 2.45) is 0 Å². The van der Waals surface area contributed by atoms with Crippen molar-refractivity contribution >= 4 is 21.9 Å². The van der Waals surface area contributed by atoms with Crippen LogP contribution in [-0.2, 0) is 11.3 Å². The number of carboxylic acids is 1. The predicted octanol–water partition coefficient (Wildman–Crippen LogP) is 2.76. The summed E-state index contributed by atoms with van der Waals surface area (Å²) in [4.78, 5) is 13.2. The van der Waals surface area contributed by atoms with E-state index >= 15 is 0 Å². The number of rotatable bonds is 3. The topological polar surface area (TPSA) is 49.8 Å². The van der Waals surface area contributed by atoms with Crippen LogP contribution in [0.2, 0.25) is 0 Å². The lowest BCUT2D eigenvalue weighted by Gasteiger charge is -2.35. The molecule has 2 unspecified atom stereocenters. The van der Waals surface area contributed by atoms with Crippen molar-refractivity contribution in [3.8, 4) is 0 Å². The lowest BCUT2D eigenvalue weighted by molar-refractivity contribution is -0.0705. The Kier molecular flexibility index (Phi) is 4.60.